The fourth-order valence-corrected chi connectivity index (χ4v) is 1.29. The van der Waals surface area contributed by atoms with Crippen molar-refractivity contribution in [3.63, 3.8) is 0 Å². The zero-order valence-corrected chi connectivity index (χ0v) is 6.66. The van der Waals surface area contributed by atoms with E-state index in [2.05, 4.69) is 5.32 Å². The number of carbonyl (C=O) groups is 1. The second kappa shape index (κ2) is 3.19. The lowest BCUT2D eigenvalue weighted by Crippen LogP contribution is -2.47. The van der Waals surface area contributed by atoms with E-state index in [1.54, 1.807) is 6.92 Å². The molecule has 1 heterocycles. The number of carbonyl (C=O) groups excluding carboxylic acids is 1. The number of carboxylic acid groups (broad SMARTS) is 1. The standard InChI is InChI=1S/C7H13NO3/c1-3-5-6(7(9)10)8-4(2)11-5/h4-6,8H,3H2,1-2H3,(H,9,10)/p-1/t4?,5-,6?/m0/s1. The summed E-state index contributed by atoms with van der Waals surface area (Å²) in [6.45, 7) is 3.67. The van der Waals surface area contributed by atoms with Crippen molar-refractivity contribution in [1.82, 2.24) is 5.32 Å². The fourth-order valence-electron chi connectivity index (χ4n) is 1.29. The molecular formula is C7H12NO3-. The van der Waals surface area contributed by atoms with E-state index in [9.17, 15) is 9.90 Å². The quantitative estimate of drug-likeness (QED) is 0.551. The van der Waals surface area contributed by atoms with Crippen molar-refractivity contribution in [3.05, 3.63) is 0 Å². The summed E-state index contributed by atoms with van der Waals surface area (Å²) in [6.07, 6.45) is 0.272. The summed E-state index contributed by atoms with van der Waals surface area (Å²) >= 11 is 0. The minimum Gasteiger partial charge on any atom is -0.548 e. The second-order valence-corrected chi connectivity index (χ2v) is 2.69. The topological polar surface area (TPSA) is 61.4 Å². The average Bonchev–Trinajstić information content (AvgIpc) is 2.30. The minimum atomic E-state index is -1.08. The van der Waals surface area contributed by atoms with E-state index in [0.717, 1.165) is 0 Å². The maximum Gasteiger partial charge on any atom is 0.106 e. The van der Waals surface area contributed by atoms with Crippen LogP contribution in [0.25, 0.3) is 0 Å². The van der Waals surface area contributed by atoms with E-state index in [4.69, 9.17) is 4.74 Å². The van der Waals surface area contributed by atoms with Crippen molar-refractivity contribution in [3.8, 4) is 0 Å². The van der Waals surface area contributed by atoms with Gasteiger partial charge in [0, 0.05) is 0 Å². The zero-order valence-electron chi connectivity index (χ0n) is 6.66. The number of ether oxygens (including phenoxy) is 1. The maximum absolute atomic E-state index is 10.5. The van der Waals surface area contributed by atoms with Crippen LogP contribution < -0.4 is 10.4 Å². The number of hydrogen-bond donors (Lipinski definition) is 1. The lowest BCUT2D eigenvalue weighted by Gasteiger charge is -2.16. The van der Waals surface area contributed by atoms with Gasteiger partial charge in [-0.2, -0.15) is 0 Å². The third-order valence-electron chi connectivity index (χ3n) is 1.82. The van der Waals surface area contributed by atoms with Gasteiger partial charge in [-0.05, 0) is 13.3 Å². The molecule has 0 bridgehead atoms. The highest BCUT2D eigenvalue weighted by Crippen LogP contribution is 2.13. The van der Waals surface area contributed by atoms with E-state index in [0.29, 0.717) is 6.42 Å². The molecule has 11 heavy (non-hydrogen) atoms. The molecule has 4 heteroatoms. The molecule has 64 valence electrons. The van der Waals surface area contributed by atoms with Gasteiger partial charge in [0.05, 0.1) is 18.1 Å². The highest BCUT2D eigenvalue weighted by Gasteiger charge is 2.31. The first-order chi connectivity index (χ1) is 5.15. The summed E-state index contributed by atoms with van der Waals surface area (Å²) in [7, 11) is 0. The van der Waals surface area contributed by atoms with Gasteiger partial charge in [0.25, 0.3) is 0 Å². The van der Waals surface area contributed by atoms with Gasteiger partial charge < -0.3 is 14.6 Å². The van der Waals surface area contributed by atoms with Crippen LogP contribution in [0, 0.1) is 0 Å². The molecule has 0 aromatic heterocycles. The van der Waals surface area contributed by atoms with Gasteiger partial charge >= 0.3 is 0 Å². The van der Waals surface area contributed by atoms with E-state index >= 15 is 0 Å². The summed E-state index contributed by atoms with van der Waals surface area (Å²) < 4.78 is 5.25. The predicted octanol–water partition coefficient (Wildman–Crippen LogP) is -1.15. The van der Waals surface area contributed by atoms with Crippen LogP contribution in [0.4, 0.5) is 0 Å². The Morgan fingerprint density at radius 2 is 2.36 bits per heavy atom. The van der Waals surface area contributed by atoms with Gasteiger partial charge in [-0.25, -0.2) is 0 Å². The molecule has 0 amide bonds. The Morgan fingerprint density at radius 3 is 2.73 bits per heavy atom. The predicted molar refractivity (Wildman–Crippen MR) is 36.6 cm³/mol. The molecule has 1 aliphatic heterocycles. The lowest BCUT2D eigenvalue weighted by atomic mass is 10.1. The third-order valence-corrected chi connectivity index (χ3v) is 1.82. The monoisotopic (exact) mass is 158 g/mol. The van der Waals surface area contributed by atoms with E-state index < -0.39 is 12.0 Å². The van der Waals surface area contributed by atoms with Crippen molar-refractivity contribution in [1.29, 1.82) is 0 Å². The Morgan fingerprint density at radius 1 is 1.73 bits per heavy atom. The molecule has 1 aliphatic rings. The average molecular weight is 158 g/mol. The number of rotatable bonds is 2. The summed E-state index contributed by atoms with van der Waals surface area (Å²) in [6, 6.07) is -0.644. The normalized spacial score (nSPS) is 37.5. The molecule has 1 saturated heterocycles. The molecule has 0 aliphatic carbocycles. The molecule has 1 N–H and O–H groups in total. The molecule has 0 spiro atoms. The lowest BCUT2D eigenvalue weighted by molar-refractivity contribution is -0.309. The van der Waals surface area contributed by atoms with Gasteiger partial charge in [-0.1, -0.05) is 6.92 Å². The van der Waals surface area contributed by atoms with Crippen molar-refractivity contribution < 1.29 is 14.6 Å². The van der Waals surface area contributed by atoms with Crippen LogP contribution in [0.5, 0.6) is 0 Å². The first kappa shape index (κ1) is 8.49. The van der Waals surface area contributed by atoms with E-state index in [1.165, 1.54) is 0 Å². The van der Waals surface area contributed by atoms with Crippen LogP contribution in [0.3, 0.4) is 0 Å². The van der Waals surface area contributed by atoms with Crippen LogP contribution >= 0.6 is 0 Å². The molecule has 0 radical (unpaired) electrons. The molecule has 2 unspecified atom stereocenters. The first-order valence-electron chi connectivity index (χ1n) is 3.77. The zero-order chi connectivity index (χ0) is 8.43. The summed E-state index contributed by atoms with van der Waals surface area (Å²) in [4.78, 5) is 10.5. The largest absolute Gasteiger partial charge is 0.548 e. The molecule has 0 saturated carbocycles. The van der Waals surface area contributed by atoms with Crippen molar-refractivity contribution >= 4 is 5.97 Å². The van der Waals surface area contributed by atoms with Crippen molar-refractivity contribution in [2.24, 2.45) is 0 Å². The summed E-state index contributed by atoms with van der Waals surface area (Å²) in [5.41, 5.74) is 0. The van der Waals surface area contributed by atoms with Gasteiger partial charge in [-0.3, -0.25) is 5.32 Å². The number of aliphatic carboxylic acids is 1. The first-order valence-corrected chi connectivity index (χ1v) is 3.77. The van der Waals surface area contributed by atoms with E-state index in [1.807, 2.05) is 6.92 Å². The minimum absolute atomic E-state index is 0.178. The highest BCUT2D eigenvalue weighted by atomic mass is 16.5. The molecule has 3 atom stereocenters. The number of carboxylic acids is 1. The van der Waals surface area contributed by atoms with Crippen LogP contribution in [0.2, 0.25) is 0 Å². The Balaban J connectivity index is 2.57. The van der Waals surface area contributed by atoms with E-state index in [-0.39, 0.29) is 12.3 Å². The molecule has 0 aromatic rings. The smallest absolute Gasteiger partial charge is 0.106 e. The SMILES string of the molecule is CC[C@@H]1OC(C)NC1C(=O)[O-]. The van der Waals surface area contributed by atoms with Crippen molar-refractivity contribution in [2.45, 2.75) is 38.6 Å². The van der Waals surface area contributed by atoms with Gasteiger partial charge in [-0.15, -0.1) is 0 Å². The Labute approximate surface area is 65.5 Å². The Hall–Kier alpha value is -0.610. The van der Waals surface area contributed by atoms with Crippen LogP contribution in [-0.4, -0.2) is 24.3 Å². The molecule has 0 aromatic carbocycles. The summed E-state index contributed by atoms with van der Waals surface area (Å²) in [5, 5.41) is 13.2. The highest BCUT2D eigenvalue weighted by molar-refractivity contribution is 5.72. The Kier molecular flexibility index (Phi) is 2.46. The van der Waals surface area contributed by atoms with Gasteiger partial charge in [0.1, 0.15) is 6.23 Å². The van der Waals surface area contributed by atoms with Gasteiger partial charge in [0.2, 0.25) is 0 Å². The number of nitrogens with one attached hydrogen (secondary N) is 1. The van der Waals surface area contributed by atoms with Crippen LogP contribution in [-0.2, 0) is 9.53 Å². The maximum atomic E-state index is 10.5. The third kappa shape index (κ3) is 1.70. The van der Waals surface area contributed by atoms with Crippen LogP contribution in [0.15, 0.2) is 0 Å². The fraction of sp³-hybridized carbons (Fsp3) is 0.857. The molecule has 4 nitrogen and oxygen atoms in total. The van der Waals surface area contributed by atoms with Crippen LogP contribution in [0.1, 0.15) is 20.3 Å². The molecular weight excluding hydrogens is 146 g/mol. The Bertz CT molecular complexity index is 160. The second-order valence-electron chi connectivity index (χ2n) is 2.69. The summed E-state index contributed by atoms with van der Waals surface area (Å²) in [5.74, 6) is -1.08. The molecule has 1 rings (SSSR count). The van der Waals surface area contributed by atoms with Crippen molar-refractivity contribution in [2.75, 3.05) is 0 Å². The van der Waals surface area contributed by atoms with Gasteiger partial charge in [0.15, 0.2) is 0 Å². The molecule has 1 fully saturated rings. The number of hydrogen-bond acceptors (Lipinski definition) is 4.